The van der Waals surface area contributed by atoms with Crippen molar-refractivity contribution < 1.29 is 4.74 Å². The van der Waals surface area contributed by atoms with Crippen LogP contribution in [-0.4, -0.2) is 6.61 Å². The first-order valence-corrected chi connectivity index (χ1v) is 7.13. The van der Waals surface area contributed by atoms with E-state index in [2.05, 4.69) is 31.2 Å². The maximum absolute atomic E-state index is 5.87. The molecule has 1 aromatic rings. The molecule has 0 aliphatic heterocycles. The standard InChI is InChI=1S/C16H25NO/c1-13-4-2-6-15(8-13)11-18-12-16-7-3-5-14(9-16)10-17/h3,5,7,9,13,15H,2,4,6,8,10-12,17H2,1H3. The predicted molar refractivity (Wildman–Crippen MR) is 75.1 cm³/mol. The number of ether oxygens (including phenoxy) is 1. The largest absolute Gasteiger partial charge is 0.376 e. The van der Waals surface area contributed by atoms with Gasteiger partial charge in [0.25, 0.3) is 0 Å². The summed E-state index contributed by atoms with van der Waals surface area (Å²) in [6.07, 6.45) is 5.45. The lowest BCUT2D eigenvalue weighted by molar-refractivity contribution is 0.0657. The van der Waals surface area contributed by atoms with E-state index in [0.717, 1.165) is 25.0 Å². The van der Waals surface area contributed by atoms with Gasteiger partial charge in [0.1, 0.15) is 0 Å². The number of benzene rings is 1. The van der Waals surface area contributed by atoms with Gasteiger partial charge in [0.2, 0.25) is 0 Å². The summed E-state index contributed by atoms with van der Waals surface area (Å²) in [6.45, 7) is 4.60. The van der Waals surface area contributed by atoms with Gasteiger partial charge in [-0.3, -0.25) is 0 Å². The van der Waals surface area contributed by atoms with Crippen molar-refractivity contribution in [1.29, 1.82) is 0 Å². The second-order valence-electron chi connectivity index (χ2n) is 5.68. The van der Waals surface area contributed by atoms with Crippen LogP contribution in [0.3, 0.4) is 0 Å². The maximum atomic E-state index is 5.87. The van der Waals surface area contributed by atoms with Crippen LogP contribution >= 0.6 is 0 Å². The molecule has 0 amide bonds. The van der Waals surface area contributed by atoms with Crippen LogP contribution in [0.15, 0.2) is 24.3 Å². The summed E-state index contributed by atoms with van der Waals surface area (Å²) >= 11 is 0. The summed E-state index contributed by atoms with van der Waals surface area (Å²) in [4.78, 5) is 0. The van der Waals surface area contributed by atoms with Crippen LogP contribution in [0.2, 0.25) is 0 Å². The smallest absolute Gasteiger partial charge is 0.0717 e. The molecule has 1 fully saturated rings. The minimum Gasteiger partial charge on any atom is -0.376 e. The Bertz CT molecular complexity index is 364. The van der Waals surface area contributed by atoms with Gasteiger partial charge in [0.05, 0.1) is 6.61 Å². The highest BCUT2D eigenvalue weighted by atomic mass is 16.5. The molecule has 0 radical (unpaired) electrons. The topological polar surface area (TPSA) is 35.2 Å². The summed E-state index contributed by atoms with van der Waals surface area (Å²) in [6, 6.07) is 8.38. The van der Waals surface area contributed by atoms with Gasteiger partial charge in [-0.25, -0.2) is 0 Å². The number of hydrogen-bond donors (Lipinski definition) is 1. The molecule has 2 rings (SSSR count). The van der Waals surface area contributed by atoms with Crippen LogP contribution in [-0.2, 0) is 17.9 Å². The third kappa shape index (κ3) is 4.11. The highest BCUT2D eigenvalue weighted by molar-refractivity contribution is 5.22. The number of rotatable bonds is 5. The highest BCUT2D eigenvalue weighted by Crippen LogP contribution is 2.28. The van der Waals surface area contributed by atoms with Crippen molar-refractivity contribution in [3.8, 4) is 0 Å². The number of nitrogens with two attached hydrogens (primary N) is 1. The molecule has 0 heterocycles. The average molecular weight is 247 g/mol. The zero-order valence-corrected chi connectivity index (χ0v) is 11.4. The molecule has 100 valence electrons. The molecule has 0 spiro atoms. The molecule has 0 saturated heterocycles. The first-order valence-electron chi connectivity index (χ1n) is 7.13. The van der Waals surface area contributed by atoms with Crippen LogP contribution < -0.4 is 5.73 Å². The molecule has 1 aliphatic carbocycles. The quantitative estimate of drug-likeness (QED) is 0.864. The van der Waals surface area contributed by atoms with Crippen molar-refractivity contribution in [3.63, 3.8) is 0 Å². The van der Waals surface area contributed by atoms with Gasteiger partial charge in [-0.15, -0.1) is 0 Å². The Morgan fingerprint density at radius 3 is 2.89 bits per heavy atom. The fraction of sp³-hybridized carbons (Fsp3) is 0.625. The van der Waals surface area contributed by atoms with E-state index in [4.69, 9.17) is 10.5 Å². The third-order valence-corrected chi connectivity index (χ3v) is 3.89. The Balaban J connectivity index is 1.74. The average Bonchev–Trinajstić information content (AvgIpc) is 2.39. The first-order chi connectivity index (χ1) is 8.78. The maximum Gasteiger partial charge on any atom is 0.0717 e. The summed E-state index contributed by atoms with van der Waals surface area (Å²) in [7, 11) is 0. The van der Waals surface area contributed by atoms with Crippen molar-refractivity contribution in [1.82, 2.24) is 0 Å². The van der Waals surface area contributed by atoms with E-state index in [9.17, 15) is 0 Å². The van der Waals surface area contributed by atoms with E-state index < -0.39 is 0 Å². The van der Waals surface area contributed by atoms with Crippen LogP contribution in [0, 0.1) is 11.8 Å². The first kappa shape index (κ1) is 13.6. The molecule has 2 unspecified atom stereocenters. The minimum absolute atomic E-state index is 0.605. The Morgan fingerprint density at radius 2 is 2.11 bits per heavy atom. The van der Waals surface area contributed by atoms with Gasteiger partial charge in [0.15, 0.2) is 0 Å². The van der Waals surface area contributed by atoms with Crippen molar-refractivity contribution in [2.45, 2.75) is 45.8 Å². The van der Waals surface area contributed by atoms with Gasteiger partial charge in [-0.05, 0) is 35.8 Å². The van der Waals surface area contributed by atoms with E-state index in [-0.39, 0.29) is 0 Å². The van der Waals surface area contributed by atoms with Gasteiger partial charge in [-0.2, -0.15) is 0 Å². The fourth-order valence-corrected chi connectivity index (χ4v) is 2.90. The van der Waals surface area contributed by atoms with Gasteiger partial charge < -0.3 is 10.5 Å². The molecule has 1 aliphatic rings. The van der Waals surface area contributed by atoms with Crippen molar-refractivity contribution in [2.24, 2.45) is 17.6 Å². The zero-order valence-electron chi connectivity index (χ0n) is 11.4. The lowest BCUT2D eigenvalue weighted by Gasteiger charge is -2.26. The van der Waals surface area contributed by atoms with Crippen LogP contribution in [0.5, 0.6) is 0 Å². The molecule has 2 atom stereocenters. The Kier molecular flexibility index (Phi) is 5.21. The SMILES string of the molecule is CC1CCCC(COCc2cccc(CN)c2)C1. The lowest BCUT2D eigenvalue weighted by Crippen LogP contribution is -2.18. The predicted octanol–water partition coefficient (Wildman–Crippen LogP) is 3.49. The lowest BCUT2D eigenvalue weighted by atomic mass is 9.83. The zero-order chi connectivity index (χ0) is 12.8. The monoisotopic (exact) mass is 247 g/mol. The van der Waals surface area contributed by atoms with Gasteiger partial charge in [0, 0.05) is 13.2 Å². The Hall–Kier alpha value is -0.860. The van der Waals surface area contributed by atoms with E-state index in [1.807, 2.05) is 0 Å². The van der Waals surface area contributed by atoms with Crippen LogP contribution in [0.1, 0.15) is 43.7 Å². The van der Waals surface area contributed by atoms with Crippen molar-refractivity contribution in [2.75, 3.05) is 6.61 Å². The van der Waals surface area contributed by atoms with Crippen molar-refractivity contribution >= 4 is 0 Å². The summed E-state index contributed by atoms with van der Waals surface area (Å²) in [5, 5.41) is 0. The Labute approximate surface area is 111 Å². The molecule has 2 nitrogen and oxygen atoms in total. The second kappa shape index (κ2) is 6.91. The molecular weight excluding hydrogens is 222 g/mol. The van der Waals surface area contributed by atoms with Crippen LogP contribution in [0.4, 0.5) is 0 Å². The van der Waals surface area contributed by atoms with Gasteiger partial charge >= 0.3 is 0 Å². The highest BCUT2D eigenvalue weighted by Gasteiger charge is 2.18. The van der Waals surface area contributed by atoms with E-state index >= 15 is 0 Å². The molecule has 0 aromatic heterocycles. The Morgan fingerprint density at radius 1 is 1.28 bits per heavy atom. The third-order valence-electron chi connectivity index (χ3n) is 3.89. The minimum atomic E-state index is 0.605. The van der Waals surface area contributed by atoms with E-state index in [1.165, 1.54) is 36.8 Å². The molecule has 1 saturated carbocycles. The van der Waals surface area contributed by atoms with Gasteiger partial charge in [-0.1, -0.05) is 44.0 Å². The molecule has 2 N–H and O–H groups in total. The summed E-state index contributed by atoms with van der Waals surface area (Å²) in [5.41, 5.74) is 8.06. The van der Waals surface area contributed by atoms with Crippen LogP contribution in [0.25, 0.3) is 0 Å². The molecule has 1 aromatic carbocycles. The number of hydrogen-bond acceptors (Lipinski definition) is 2. The molecule has 18 heavy (non-hydrogen) atoms. The normalized spacial score (nSPS) is 24.1. The van der Waals surface area contributed by atoms with E-state index in [0.29, 0.717) is 6.54 Å². The molecule has 0 bridgehead atoms. The summed E-state index contributed by atoms with van der Waals surface area (Å²) < 4.78 is 5.87. The summed E-state index contributed by atoms with van der Waals surface area (Å²) in [5.74, 6) is 1.65. The molecule has 2 heteroatoms. The van der Waals surface area contributed by atoms with Crippen molar-refractivity contribution in [3.05, 3.63) is 35.4 Å². The van der Waals surface area contributed by atoms with E-state index in [1.54, 1.807) is 0 Å². The fourth-order valence-electron chi connectivity index (χ4n) is 2.90. The second-order valence-corrected chi connectivity index (χ2v) is 5.68. The molecular formula is C16H25NO.